The molecule has 0 atom stereocenters. The van der Waals surface area contributed by atoms with Crippen LogP contribution in [0.15, 0.2) is 6.07 Å². The first-order chi connectivity index (χ1) is 11.5. The second-order valence-corrected chi connectivity index (χ2v) is 8.59. The molecule has 0 bridgehead atoms. The van der Waals surface area contributed by atoms with Crippen LogP contribution >= 0.6 is 0 Å². The average molecular weight is 353 g/mol. The van der Waals surface area contributed by atoms with Crippen LogP contribution in [-0.2, 0) is 10.2 Å². The summed E-state index contributed by atoms with van der Waals surface area (Å²) in [5.74, 6) is 0.708. The van der Waals surface area contributed by atoms with Gasteiger partial charge in [0.25, 0.3) is 10.2 Å². The summed E-state index contributed by atoms with van der Waals surface area (Å²) in [7, 11) is -3.33. The molecule has 0 saturated carbocycles. The number of piperazine rings is 1. The number of aryl methyl sites for hydroxylation is 2. The van der Waals surface area contributed by atoms with E-state index in [9.17, 15) is 8.42 Å². The normalized spacial score (nSPS) is 21.7. The van der Waals surface area contributed by atoms with Crippen LogP contribution in [0, 0.1) is 13.8 Å². The quantitative estimate of drug-likeness (QED) is 0.820. The Morgan fingerprint density at radius 3 is 1.83 bits per heavy atom. The monoisotopic (exact) mass is 353 g/mol. The minimum Gasteiger partial charge on any atom is -0.338 e. The van der Waals surface area contributed by atoms with E-state index >= 15 is 0 Å². The lowest BCUT2D eigenvalue weighted by molar-refractivity contribution is 0.326. The van der Waals surface area contributed by atoms with Gasteiger partial charge in [-0.1, -0.05) is 12.8 Å². The topological polar surface area (TPSA) is 69.6 Å². The van der Waals surface area contributed by atoms with Crippen molar-refractivity contribution in [1.29, 1.82) is 0 Å². The first-order valence-corrected chi connectivity index (χ1v) is 10.2. The summed E-state index contributed by atoms with van der Waals surface area (Å²) in [5, 5.41) is 0. The van der Waals surface area contributed by atoms with Crippen LogP contribution in [0.3, 0.4) is 0 Å². The Kier molecular flexibility index (Phi) is 5.36. The molecule has 24 heavy (non-hydrogen) atoms. The highest BCUT2D eigenvalue weighted by molar-refractivity contribution is 7.86. The van der Waals surface area contributed by atoms with Gasteiger partial charge in [-0.3, -0.25) is 0 Å². The summed E-state index contributed by atoms with van der Waals surface area (Å²) in [6, 6.07) is 1.95. The first kappa shape index (κ1) is 17.6. The fraction of sp³-hybridized carbons (Fsp3) is 0.750. The first-order valence-electron chi connectivity index (χ1n) is 8.79. The predicted octanol–water partition coefficient (Wildman–Crippen LogP) is 1.34. The molecule has 0 N–H and O–H groups in total. The van der Waals surface area contributed by atoms with Crippen LogP contribution in [0.2, 0.25) is 0 Å². The Morgan fingerprint density at radius 2 is 1.29 bits per heavy atom. The largest absolute Gasteiger partial charge is 0.338 e. The van der Waals surface area contributed by atoms with Gasteiger partial charge in [-0.05, 0) is 32.8 Å². The van der Waals surface area contributed by atoms with Gasteiger partial charge in [0, 0.05) is 50.7 Å². The highest BCUT2D eigenvalue weighted by Gasteiger charge is 2.33. The van der Waals surface area contributed by atoms with E-state index in [0.29, 0.717) is 45.2 Å². The number of anilines is 1. The molecule has 2 saturated heterocycles. The molecule has 0 spiro atoms. The molecule has 2 aliphatic heterocycles. The van der Waals surface area contributed by atoms with Crippen LogP contribution in [0.1, 0.15) is 37.1 Å². The van der Waals surface area contributed by atoms with Gasteiger partial charge in [0.15, 0.2) is 0 Å². The van der Waals surface area contributed by atoms with Gasteiger partial charge in [0.1, 0.15) is 0 Å². The fourth-order valence-electron chi connectivity index (χ4n) is 3.40. The number of hydrogen-bond acceptors (Lipinski definition) is 5. The van der Waals surface area contributed by atoms with Gasteiger partial charge in [0.2, 0.25) is 5.95 Å². The molecule has 8 heteroatoms. The zero-order valence-corrected chi connectivity index (χ0v) is 15.4. The minimum absolute atomic E-state index is 0.495. The summed E-state index contributed by atoms with van der Waals surface area (Å²) < 4.78 is 29.0. The van der Waals surface area contributed by atoms with E-state index in [1.165, 1.54) is 0 Å². The smallest absolute Gasteiger partial charge is 0.282 e. The van der Waals surface area contributed by atoms with E-state index in [4.69, 9.17) is 0 Å². The predicted molar refractivity (Wildman–Crippen MR) is 94.3 cm³/mol. The van der Waals surface area contributed by atoms with Crippen molar-refractivity contribution >= 4 is 16.2 Å². The van der Waals surface area contributed by atoms with Crippen molar-refractivity contribution in [2.24, 2.45) is 0 Å². The molecule has 2 aliphatic rings. The second kappa shape index (κ2) is 7.33. The lowest BCUT2D eigenvalue weighted by Gasteiger charge is -2.36. The molecule has 1 aromatic heterocycles. The summed E-state index contributed by atoms with van der Waals surface area (Å²) >= 11 is 0. The van der Waals surface area contributed by atoms with E-state index in [-0.39, 0.29) is 0 Å². The van der Waals surface area contributed by atoms with Crippen LogP contribution in [0.25, 0.3) is 0 Å². The highest BCUT2D eigenvalue weighted by atomic mass is 32.2. The van der Waals surface area contributed by atoms with Gasteiger partial charge in [-0.15, -0.1) is 0 Å². The molecule has 0 amide bonds. The summed E-state index contributed by atoms with van der Waals surface area (Å²) in [5.41, 5.74) is 1.88. The SMILES string of the molecule is Cc1cc(C)nc(N2CCN(S(=O)(=O)N3CCCCCC3)CC2)n1. The fourth-order valence-corrected chi connectivity index (χ4v) is 5.07. The zero-order chi connectivity index (χ0) is 17.2. The maximum absolute atomic E-state index is 12.8. The molecule has 134 valence electrons. The van der Waals surface area contributed by atoms with Crippen molar-refractivity contribution in [1.82, 2.24) is 18.6 Å². The van der Waals surface area contributed by atoms with Crippen molar-refractivity contribution in [3.63, 3.8) is 0 Å². The third-order valence-corrected chi connectivity index (χ3v) is 6.75. The maximum Gasteiger partial charge on any atom is 0.282 e. The van der Waals surface area contributed by atoms with Gasteiger partial charge in [-0.25, -0.2) is 9.97 Å². The molecule has 0 radical (unpaired) electrons. The molecule has 3 rings (SSSR count). The van der Waals surface area contributed by atoms with Crippen LogP contribution < -0.4 is 4.90 Å². The Hall–Kier alpha value is -1.25. The van der Waals surface area contributed by atoms with E-state index in [0.717, 1.165) is 37.1 Å². The Bertz CT molecular complexity index is 643. The molecule has 0 aliphatic carbocycles. The molecular weight excluding hydrogens is 326 g/mol. The summed E-state index contributed by atoms with van der Waals surface area (Å²) in [6.07, 6.45) is 4.19. The van der Waals surface area contributed by atoms with Gasteiger partial charge in [-0.2, -0.15) is 17.0 Å². The van der Waals surface area contributed by atoms with Crippen molar-refractivity contribution in [2.75, 3.05) is 44.2 Å². The van der Waals surface area contributed by atoms with E-state index < -0.39 is 10.2 Å². The molecule has 0 aromatic carbocycles. The van der Waals surface area contributed by atoms with Crippen LogP contribution in [-0.4, -0.2) is 66.3 Å². The second-order valence-electron chi connectivity index (χ2n) is 6.66. The standard InChI is InChI=1S/C16H27N5O2S/c1-14-13-15(2)18-16(17-14)19-9-11-21(12-10-19)24(22,23)20-7-5-3-4-6-8-20/h13H,3-12H2,1-2H3. The third kappa shape index (κ3) is 3.87. The van der Waals surface area contributed by atoms with Crippen molar-refractivity contribution in [2.45, 2.75) is 39.5 Å². The van der Waals surface area contributed by atoms with Crippen molar-refractivity contribution in [3.05, 3.63) is 17.5 Å². The van der Waals surface area contributed by atoms with Crippen molar-refractivity contribution < 1.29 is 8.42 Å². The van der Waals surface area contributed by atoms with Crippen LogP contribution in [0.4, 0.5) is 5.95 Å². The lowest BCUT2D eigenvalue weighted by atomic mass is 10.2. The number of nitrogens with zero attached hydrogens (tertiary/aromatic N) is 5. The lowest BCUT2D eigenvalue weighted by Crippen LogP contribution is -2.53. The zero-order valence-electron chi connectivity index (χ0n) is 14.6. The molecule has 7 nitrogen and oxygen atoms in total. The molecule has 3 heterocycles. The van der Waals surface area contributed by atoms with Gasteiger partial charge < -0.3 is 4.90 Å². The van der Waals surface area contributed by atoms with Gasteiger partial charge in [0.05, 0.1) is 0 Å². The average Bonchev–Trinajstić information content (AvgIpc) is 2.84. The summed E-state index contributed by atoms with van der Waals surface area (Å²) in [6.45, 7) is 7.48. The molecule has 1 aromatic rings. The Balaban J connectivity index is 1.65. The van der Waals surface area contributed by atoms with Crippen molar-refractivity contribution in [3.8, 4) is 0 Å². The highest BCUT2D eigenvalue weighted by Crippen LogP contribution is 2.19. The van der Waals surface area contributed by atoms with E-state index in [1.807, 2.05) is 19.9 Å². The van der Waals surface area contributed by atoms with E-state index in [2.05, 4.69) is 14.9 Å². The molecule has 0 unspecified atom stereocenters. The minimum atomic E-state index is -3.33. The number of hydrogen-bond donors (Lipinski definition) is 0. The van der Waals surface area contributed by atoms with Crippen LogP contribution in [0.5, 0.6) is 0 Å². The summed E-state index contributed by atoms with van der Waals surface area (Å²) in [4.78, 5) is 11.0. The maximum atomic E-state index is 12.8. The third-order valence-electron chi connectivity index (χ3n) is 4.71. The number of aromatic nitrogens is 2. The Morgan fingerprint density at radius 1 is 0.792 bits per heavy atom. The Labute approximate surface area is 144 Å². The van der Waals surface area contributed by atoms with E-state index in [1.54, 1.807) is 8.61 Å². The molecular formula is C16H27N5O2S. The van der Waals surface area contributed by atoms with Gasteiger partial charge >= 0.3 is 0 Å². The molecule has 2 fully saturated rings. The number of rotatable bonds is 3.